The lowest BCUT2D eigenvalue weighted by atomic mass is 9.97. The third-order valence-corrected chi connectivity index (χ3v) is 9.05. The van der Waals surface area contributed by atoms with E-state index in [-0.39, 0.29) is 5.04 Å². The van der Waals surface area contributed by atoms with Gasteiger partial charge in [0, 0.05) is 12.8 Å². The molecule has 0 bridgehead atoms. The lowest BCUT2D eigenvalue weighted by Gasteiger charge is -2.45. The predicted octanol–water partition coefficient (Wildman–Crippen LogP) is 3.29. The first-order chi connectivity index (χ1) is 9.14. The summed E-state index contributed by atoms with van der Waals surface area (Å²) in [7, 11) is -2.05. The zero-order valence-corrected chi connectivity index (χ0v) is 14.1. The van der Waals surface area contributed by atoms with E-state index in [1.165, 1.54) is 0 Å². The van der Waals surface area contributed by atoms with Gasteiger partial charge < -0.3 is 13.9 Å². The summed E-state index contributed by atoms with van der Waals surface area (Å²) >= 11 is 0. The quantitative estimate of drug-likeness (QED) is 0.285. The molecule has 2 aliphatic rings. The van der Waals surface area contributed by atoms with Gasteiger partial charge >= 0.3 is 0 Å². The molecule has 1 atom stereocenters. The van der Waals surface area contributed by atoms with Crippen LogP contribution in [0.15, 0.2) is 12.2 Å². The number of hydrogen-bond donors (Lipinski definition) is 1. The molecule has 0 aromatic rings. The summed E-state index contributed by atoms with van der Waals surface area (Å²) in [4.78, 5) is 4.73. The molecule has 116 valence electrons. The first-order valence-corrected chi connectivity index (χ1v) is 10.1. The van der Waals surface area contributed by atoms with Gasteiger partial charge in [-0.15, -0.1) is 0 Å². The van der Waals surface area contributed by atoms with Crippen molar-refractivity contribution in [2.45, 2.75) is 63.3 Å². The first kappa shape index (κ1) is 16.1. The van der Waals surface area contributed by atoms with Crippen LogP contribution in [0.25, 0.3) is 0 Å². The summed E-state index contributed by atoms with van der Waals surface area (Å²) in [6.45, 7) is 11.9. The van der Waals surface area contributed by atoms with Crippen molar-refractivity contribution in [1.82, 2.24) is 0 Å². The largest absolute Gasteiger partial charge is 0.385 e. The van der Waals surface area contributed by atoms with Gasteiger partial charge in [0.1, 0.15) is 0 Å². The van der Waals surface area contributed by atoms with E-state index < -0.39 is 19.9 Å². The van der Waals surface area contributed by atoms with Crippen LogP contribution in [0, 0.1) is 0 Å². The third kappa shape index (κ3) is 3.00. The van der Waals surface area contributed by atoms with Gasteiger partial charge in [-0.05, 0) is 30.3 Å². The maximum Gasteiger partial charge on any atom is 0.211 e. The predicted molar refractivity (Wildman–Crippen MR) is 77.7 cm³/mol. The van der Waals surface area contributed by atoms with Gasteiger partial charge in [0.15, 0.2) is 14.1 Å². The standard InChI is InChI=1S/C14H26O5Si/c1-12(2,3)20(4,5)19-14(18-15)8-6-13(7-9-14)16-10-11-17-13/h6,8,15H,7,9-11H2,1-5H3. The first-order valence-electron chi connectivity index (χ1n) is 7.15. The van der Waals surface area contributed by atoms with Crippen LogP contribution in [-0.4, -0.2) is 38.4 Å². The normalized spacial score (nSPS) is 30.1. The van der Waals surface area contributed by atoms with E-state index in [2.05, 4.69) is 33.9 Å². The fourth-order valence-electron chi connectivity index (χ4n) is 2.24. The minimum atomic E-state index is -2.05. The van der Waals surface area contributed by atoms with Crippen molar-refractivity contribution in [3.05, 3.63) is 12.2 Å². The maximum absolute atomic E-state index is 9.37. The Balaban J connectivity index is 2.16. The molecule has 5 nitrogen and oxygen atoms in total. The van der Waals surface area contributed by atoms with Gasteiger partial charge in [0.25, 0.3) is 0 Å². The van der Waals surface area contributed by atoms with Crippen LogP contribution in [0.2, 0.25) is 18.1 Å². The Morgan fingerprint density at radius 1 is 1.10 bits per heavy atom. The van der Waals surface area contributed by atoms with Gasteiger partial charge in [-0.2, -0.15) is 0 Å². The smallest absolute Gasteiger partial charge is 0.211 e. The monoisotopic (exact) mass is 302 g/mol. The zero-order chi connectivity index (χ0) is 15.1. The fraction of sp³-hybridized carbons (Fsp3) is 0.857. The van der Waals surface area contributed by atoms with Crippen LogP contribution in [-0.2, 0) is 18.8 Å². The molecule has 0 amide bonds. The molecule has 20 heavy (non-hydrogen) atoms. The highest BCUT2D eigenvalue weighted by atomic mass is 28.4. The van der Waals surface area contributed by atoms with Crippen LogP contribution in [0.3, 0.4) is 0 Å². The number of ether oxygens (including phenoxy) is 2. The van der Waals surface area contributed by atoms with Crippen LogP contribution in [0.1, 0.15) is 33.6 Å². The molecule has 6 heteroatoms. The molecule has 1 unspecified atom stereocenters. The molecule has 0 aromatic carbocycles. The minimum Gasteiger partial charge on any atom is -0.385 e. The third-order valence-electron chi connectivity index (χ3n) is 4.58. The zero-order valence-electron chi connectivity index (χ0n) is 13.1. The van der Waals surface area contributed by atoms with Gasteiger partial charge in [-0.25, -0.2) is 10.1 Å². The summed E-state index contributed by atoms with van der Waals surface area (Å²) in [5.74, 6) is -1.73. The van der Waals surface area contributed by atoms with E-state index in [1.807, 2.05) is 6.08 Å². The molecule has 0 saturated carbocycles. The van der Waals surface area contributed by atoms with Crippen molar-refractivity contribution in [2.24, 2.45) is 0 Å². The summed E-state index contributed by atoms with van der Waals surface area (Å²) in [5.41, 5.74) is 0. The highest BCUT2D eigenvalue weighted by Crippen LogP contribution is 2.44. The average Bonchev–Trinajstić information content (AvgIpc) is 2.80. The molecular weight excluding hydrogens is 276 g/mol. The number of rotatable bonds is 3. The van der Waals surface area contributed by atoms with Crippen molar-refractivity contribution in [3.8, 4) is 0 Å². The maximum atomic E-state index is 9.37. The molecule has 1 heterocycles. The minimum absolute atomic E-state index is 0.0435. The highest BCUT2D eigenvalue weighted by Gasteiger charge is 2.49. The Morgan fingerprint density at radius 3 is 2.10 bits per heavy atom. The van der Waals surface area contributed by atoms with Crippen LogP contribution in [0.4, 0.5) is 0 Å². The molecule has 1 N–H and O–H groups in total. The lowest BCUT2D eigenvalue weighted by Crippen LogP contribution is -2.52. The fourth-order valence-corrected chi connectivity index (χ4v) is 3.62. The Hall–Kier alpha value is -0.243. The van der Waals surface area contributed by atoms with E-state index in [0.717, 1.165) is 0 Å². The molecule has 1 fully saturated rings. The Morgan fingerprint density at radius 2 is 1.70 bits per heavy atom. The lowest BCUT2D eigenvalue weighted by molar-refractivity contribution is -0.373. The number of hydrogen-bond acceptors (Lipinski definition) is 5. The van der Waals surface area contributed by atoms with E-state index in [9.17, 15) is 5.26 Å². The SMILES string of the molecule is CC(C)(C)[Si](C)(C)OC1(OO)C=CC2(CC1)OCCO2. The Bertz CT molecular complexity index is 382. The topological polar surface area (TPSA) is 57.2 Å². The molecule has 1 aliphatic carbocycles. The van der Waals surface area contributed by atoms with E-state index in [4.69, 9.17) is 18.8 Å². The summed E-state index contributed by atoms with van der Waals surface area (Å²) in [5, 5.41) is 9.41. The summed E-state index contributed by atoms with van der Waals surface area (Å²) in [6.07, 6.45) is 4.67. The highest BCUT2D eigenvalue weighted by molar-refractivity contribution is 6.74. The summed E-state index contributed by atoms with van der Waals surface area (Å²) in [6, 6.07) is 0. The van der Waals surface area contributed by atoms with Crippen molar-refractivity contribution < 1.29 is 24.0 Å². The van der Waals surface area contributed by atoms with E-state index in [1.54, 1.807) is 6.08 Å². The van der Waals surface area contributed by atoms with Gasteiger partial charge in [-0.1, -0.05) is 20.8 Å². The van der Waals surface area contributed by atoms with Crippen LogP contribution >= 0.6 is 0 Å². The van der Waals surface area contributed by atoms with Crippen molar-refractivity contribution >= 4 is 8.32 Å². The van der Waals surface area contributed by atoms with Gasteiger partial charge in [-0.3, -0.25) is 0 Å². The van der Waals surface area contributed by atoms with Crippen molar-refractivity contribution in [1.29, 1.82) is 0 Å². The molecule has 1 spiro atoms. The Labute approximate surface area is 121 Å². The molecule has 1 saturated heterocycles. The second-order valence-corrected chi connectivity index (χ2v) is 11.8. The van der Waals surface area contributed by atoms with Gasteiger partial charge in [0.05, 0.1) is 13.2 Å². The molecular formula is C14H26O5Si. The second-order valence-electron chi connectivity index (χ2n) is 7.11. The molecule has 0 radical (unpaired) electrons. The molecule has 1 aliphatic heterocycles. The molecule has 0 aromatic heterocycles. The van der Waals surface area contributed by atoms with Crippen molar-refractivity contribution in [3.63, 3.8) is 0 Å². The summed E-state index contributed by atoms with van der Waals surface area (Å²) < 4.78 is 17.5. The Kier molecular flexibility index (Phi) is 4.19. The second kappa shape index (κ2) is 5.19. The van der Waals surface area contributed by atoms with E-state index >= 15 is 0 Å². The van der Waals surface area contributed by atoms with Crippen LogP contribution in [0.5, 0.6) is 0 Å². The average molecular weight is 302 g/mol. The van der Waals surface area contributed by atoms with Gasteiger partial charge in [0.2, 0.25) is 5.79 Å². The molecule has 2 rings (SSSR count). The van der Waals surface area contributed by atoms with Crippen molar-refractivity contribution in [2.75, 3.05) is 13.2 Å². The van der Waals surface area contributed by atoms with E-state index in [0.29, 0.717) is 26.1 Å². The van der Waals surface area contributed by atoms with Crippen LogP contribution < -0.4 is 0 Å².